The van der Waals surface area contributed by atoms with Crippen LogP contribution in [0, 0.1) is 0 Å². The molecule has 0 spiro atoms. The molecule has 2 aromatic carbocycles. The molecule has 1 unspecified atom stereocenters. The number of carbonyl (C=O) groups excluding carboxylic acids is 2. The van der Waals surface area contributed by atoms with Crippen molar-refractivity contribution in [1.29, 1.82) is 0 Å². The van der Waals surface area contributed by atoms with E-state index in [4.69, 9.17) is 9.47 Å². The number of carbonyl (C=O) groups is 2. The van der Waals surface area contributed by atoms with Crippen LogP contribution in [0.4, 0.5) is 0 Å². The first-order valence-electron chi connectivity index (χ1n) is 6.21. The molecule has 0 saturated heterocycles. The van der Waals surface area contributed by atoms with E-state index in [1.165, 1.54) is 0 Å². The predicted molar refractivity (Wildman–Crippen MR) is 71.1 cm³/mol. The standard InChI is InChI=1S/C16H12O4/c1-16(19-14(17)11-7-3-2-4-8-11)13-10-6-5-9-12(13)15(18)20-16/h2-10H,1H3. The Morgan fingerprint density at radius 2 is 1.70 bits per heavy atom. The van der Waals surface area contributed by atoms with Gasteiger partial charge in [0.1, 0.15) is 0 Å². The van der Waals surface area contributed by atoms with Gasteiger partial charge in [-0.15, -0.1) is 0 Å². The van der Waals surface area contributed by atoms with E-state index in [0.717, 1.165) is 0 Å². The second kappa shape index (κ2) is 4.49. The molecule has 0 radical (unpaired) electrons. The van der Waals surface area contributed by atoms with Crippen molar-refractivity contribution in [1.82, 2.24) is 0 Å². The minimum atomic E-state index is -1.37. The maximum absolute atomic E-state index is 12.1. The summed E-state index contributed by atoms with van der Waals surface area (Å²) in [6.45, 7) is 1.57. The van der Waals surface area contributed by atoms with Crippen LogP contribution >= 0.6 is 0 Å². The lowest BCUT2D eigenvalue weighted by Gasteiger charge is -2.23. The fourth-order valence-corrected chi connectivity index (χ4v) is 2.23. The Labute approximate surface area is 115 Å². The summed E-state index contributed by atoms with van der Waals surface area (Å²) in [5.74, 6) is -2.39. The van der Waals surface area contributed by atoms with E-state index in [1.54, 1.807) is 55.5 Å². The zero-order valence-electron chi connectivity index (χ0n) is 10.8. The molecule has 100 valence electrons. The first-order chi connectivity index (χ1) is 9.60. The molecule has 0 aliphatic carbocycles. The van der Waals surface area contributed by atoms with Gasteiger partial charge in [-0.3, -0.25) is 0 Å². The number of cyclic esters (lactones) is 1. The van der Waals surface area contributed by atoms with Crippen molar-refractivity contribution in [3.63, 3.8) is 0 Å². The van der Waals surface area contributed by atoms with Crippen LogP contribution in [-0.2, 0) is 15.3 Å². The molecule has 3 rings (SSSR count). The van der Waals surface area contributed by atoms with E-state index >= 15 is 0 Å². The second-order valence-electron chi connectivity index (χ2n) is 4.64. The maximum atomic E-state index is 12.1. The summed E-state index contributed by atoms with van der Waals surface area (Å²) >= 11 is 0. The van der Waals surface area contributed by atoms with E-state index in [1.807, 2.05) is 6.07 Å². The first-order valence-corrected chi connectivity index (χ1v) is 6.21. The molecule has 1 heterocycles. The normalized spacial score (nSPS) is 20.1. The van der Waals surface area contributed by atoms with Crippen LogP contribution in [0.2, 0.25) is 0 Å². The van der Waals surface area contributed by atoms with Gasteiger partial charge in [0.25, 0.3) is 5.79 Å². The quantitative estimate of drug-likeness (QED) is 0.786. The molecule has 1 atom stereocenters. The van der Waals surface area contributed by atoms with Gasteiger partial charge in [-0.1, -0.05) is 36.4 Å². The van der Waals surface area contributed by atoms with Crippen LogP contribution < -0.4 is 0 Å². The van der Waals surface area contributed by atoms with Gasteiger partial charge in [0.05, 0.1) is 16.7 Å². The smallest absolute Gasteiger partial charge is 0.342 e. The van der Waals surface area contributed by atoms with Crippen LogP contribution in [0.5, 0.6) is 0 Å². The zero-order chi connectivity index (χ0) is 14.2. The van der Waals surface area contributed by atoms with Gasteiger partial charge < -0.3 is 9.47 Å². The van der Waals surface area contributed by atoms with Crippen LogP contribution in [-0.4, -0.2) is 11.9 Å². The summed E-state index contributed by atoms with van der Waals surface area (Å²) in [4.78, 5) is 23.9. The molecule has 0 bridgehead atoms. The highest BCUT2D eigenvalue weighted by Crippen LogP contribution is 2.37. The molecule has 2 aromatic rings. The van der Waals surface area contributed by atoms with Gasteiger partial charge in [-0.05, 0) is 18.2 Å². The molecular weight excluding hydrogens is 256 g/mol. The number of esters is 2. The molecule has 0 saturated carbocycles. The monoisotopic (exact) mass is 268 g/mol. The molecule has 4 heteroatoms. The summed E-state index contributed by atoms with van der Waals surface area (Å²) in [7, 11) is 0. The van der Waals surface area contributed by atoms with Crippen molar-refractivity contribution >= 4 is 11.9 Å². The lowest BCUT2D eigenvalue weighted by Crippen LogP contribution is -2.29. The Hall–Kier alpha value is -2.62. The Morgan fingerprint density at radius 3 is 2.45 bits per heavy atom. The molecule has 1 aliphatic heterocycles. The van der Waals surface area contributed by atoms with Gasteiger partial charge >= 0.3 is 11.9 Å². The van der Waals surface area contributed by atoms with Gasteiger partial charge in [0, 0.05) is 6.92 Å². The molecular formula is C16H12O4. The van der Waals surface area contributed by atoms with Crippen molar-refractivity contribution in [2.24, 2.45) is 0 Å². The van der Waals surface area contributed by atoms with Gasteiger partial charge in [-0.25, -0.2) is 9.59 Å². The lowest BCUT2D eigenvalue weighted by molar-refractivity contribution is -0.153. The third-order valence-corrected chi connectivity index (χ3v) is 3.22. The fraction of sp³-hybridized carbons (Fsp3) is 0.125. The number of hydrogen-bond acceptors (Lipinski definition) is 4. The SMILES string of the molecule is CC1(OC(=O)c2ccccc2)OC(=O)c2ccccc21. The summed E-state index contributed by atoms with van der Waals surface area (Å²) < 4.78 is 10.6. The van der Waals surface area contributed by atoms with E-state index in [0.29, 0.717) is 16.7 Å². The zero-order valence-corrected chi connectivity index (χ0v) is 10.8. The highest BCUT2D eigenvalue weighted by Gasteiger charge is 2.45. The van der Waals surface area contributed by atoms with Crippen LogP contribution in [0.15, 0.2) is 54.6 Å². The summed E-state index contributed by atoms with van der Waals surface area (Å²) in [6.07, 6.45) is 0. The fourth-order valence-electron chi connectivity index (χ4n) is 2.23. The molecule has 20 heavy (non-hydrogen) atoms. The molecule has 0 amide bonds. The summed E-state index contributed by atoms with van der Waals surface area (Å²) in [5.41, 5.74) is 1.40. The Morgan fingerprint density at radius 1 is 1.05 bits per heavy atom. The maximum Gasteiger partial charge on any atom is 0.342 e. The molecule has 1 aliphatic rings. The molecule has 0 N–H and O–H groups in total. The van der Waals surface area contributed by atoms with E-state index < -0.39 is 17.7 Å². The minimum Gasteiger partial charge on any atom is -0.415 e. The third-order valence-electron chi connectivity index (χ3n) is 3.22. The average Bonchev–Trinajstić information content (AvgIpc) is 2.72. The van der Waals surface area contributed by atoms with Crippen molar-refractivity contribution in [3.8, 4) is 0 Å². The van der Waals surface area contributed by atoms with Crippen molar-refractivity contribution in [2.45, 2.75) is 12.7 Å². The largest absolute Gasteiger partial charge is 0.415 e. The van der Waals surface area contributed by atoms with Crippen LogP contribution in [0.3, 0.4) is 0 Å². The highest BCUT2D eigenvalue weighted by atomic mass is 16.7. The summed E-state index contributed by atoms with van der Waals surface area (Å²) in [5, 5.41) is 0. The molecule has 0 fully saturated rings. The van der Waals surface area contributed by atoms with E-state index in [-0.39, 0.29) is 0 Å². The lowest BCUT2D eigenvalue weighted by atomic mass is 10.0. The van der Waals surface area contributed by atoms with Crippen molar-refractivity contribution in [3.05, 3.63) is 71.3 Å². The average molecular weight is 268 g/mol. The summed E-state index contributed by atoms with van der Waals surface area (Å²) in [6, 6.07) is 15.5. The topological polar surface area (TPSA) is 52.6 Å². The highest BCUT2D eigenvalue weighted by molar-refractivity contribution is 5.95. The minimum absolute atomic E-state index is 0.411. The first kappa shape index (κ1) is 12.4. The van der Waals surface area contributed by atoms with Gasteiger partial charge in [0.2, 0.25) is 0 Å². The number of benzene rings is 2. The number of hydrogen-bond donors (Lipinski definition) is 0. The van der Waals surface area contributed by atoms with Crippen molar-refractivity contribution in [2.75, 3.05) is 0 Å². The molecule has 0 aromatic heterocycles. The Balaban J connectivity index is 1.92. The van der Waals surface area contributed by atoms with Crippen LogP contribution in [0.25, 0.3) is 0 Å². The van der Waals surface area contributed by atoms with Crippen molar-refractivity contribution < 1.29 is 19.1 Å². The second-order valence-corrected chi connectivity index (χ2v) is 4.64. The molecule has 4 nitrogen and oxygen atoms in total. The number of fused-ring (bicyclic) bond motifs is 1. The van der Waals surface area contributed by atoms with Crippen LogP contribution in [0.1, 0.15) is 33.2 Å². The van der Waals surface area contributed by atoms with Gasteiger partial charge in [0.15, 0.2) is 0 Å². The van der Waals surface area contributed by atoms with Gasteiger partial charge in [-0.2, -0.15) is 0 Å². The number of ether oxygens (including phenoxy) is 2. The number of rotatable bonds is 2. The van der Waals surface area contributed by atoms with E-state index in [2.05, 4.69) is 0 Å². The van der Waals surface area contributed by atoms with E-state index in [9.17, 15) is 9.59 Å². The Kier molecular flexibility index (Phi) is 2.79. The Bertz CT molecular complexity index is 678. The predicted octanol–water partition coefficient (Wildman–Crippen LogP) is 2.89. The third kappa shape index (κ3) is 1.95.